The first-order chi connectivity index (χ1) is 8.34. The Kier molecular flexibility index (Phi) is 5.44. The van der Waals surface area contributed by atoms with E-state index in [2.05, 4.69) is 31.5 Å². The van der Waals surface area contributed by atoms with Gasteiger partial charge >= 0.3 is 0 Å². The molecule has 2 rings (SSSR count). The van der Waals surface area contributed by atoms with Gasteiger partial charge in [0.2, 0.25) is 0 Å². The largest absolute Gasteiger partial charge is 0.316 e. The molecular weight excluding hydrogens is 270 g/mol. The molecule has 3 nitrogen and oxygen atoms in total. The number of thioether (sulfide) groups is 1. The third-order valence-corrected chi connectivity index (χ3v) is 4.84. The van der Waals surface area contributed by atoms with Crippen molar-refractivity contribution in [1.29, 1.82) is 0 Å². The molecule has 0 spiro atoms. The van der Waals surface area contributed by atoms with Gasteiger partial charge in [0.05, 0.1) is 0 Å². The number of nitrogens with zero attached hydrogens (tertiary/aromatic N) is 2. The summed E-state index contributed by atoms with van der Waals surface area (Å²) >= 11 is 5.02. The van der Waals surface area contributed by atoms with Crippen LogP contribution in [-0.2, 0) is 6.42 Å². The predicted molar refractivity (Wildman–Crippen MR) is 76.3 cm³/mol. The van der Waals surface area contributed by atoms with Gasteiger partial charge in [-0.2, -0.15) is 15.7 Å². The predicted octanol–water partition coefficient (Wildman–Crippen LogP) is 2.83. The van der Waals surface area contributed by atoms with Gasteiger partial charge in [0.15, 0.2) is 4.34 Å². The van der Waals surface area contributed by atoms with Crippen molar-refractivity contribution in [3.05, 3.63) is 28.2 Å². The standard InChI is InChI=1S/C11H15N3S3/c1-9-13-11(17-14-9)16-7-5-12-4-2-10-3-6-15-8-10/h3,6,8,12H,2,4-5,7H2,1H3. The normalized spacial score (nSPS) is 10.9. The summed E-state index contributed by atoms with van der Waals surface area (Å²) in [7, 11) is 0. The van der Waals surface area contributed by atoms with Crippen LogP contribution in [-0.4, -0.2) is 28.2 Å². The molecule has 0 saturated heterocycles. The van der Waals surface area contributed by atoms with Crippen LogP contribution in [0.1, 0.15) is 11.4 Å². The number of nitrogens with one attached hydrogen (secondary N) is 1. The summed E-state index contributed by atoms with van der Waals surface area (Å²) in [6, 6.07) is 2.19. The molecule has 17 heavy (non-hydrogen) atoms. The first-order valence-electron chi connectivity index (χ1n) is 5.49. The molecule has 0 saturated carbocycles. The third kappa shape index (κ3) is 4.75. The highest BCUT2D eigenvalue weighted by molar-refractivity contribution is 8.00. The average Bonchev–Trinajstić information content (AvgIpc) is 2.95. The fraction of sp³-hybridized carbons (Fsp3) is 0.455. The van der Waals surface area contributed by atoms with E-state index in [9.17, 15) is 0 Å². The summed E-state index contributed by atoms with van der Waals surface area (Å²) in [5, 5.41) is 7.78. The Morgan fingerprint density at radius 3 is 3.06 bits per heavy atom. The molecule has 2 aromatic rings. The van der Waals surface area contributed by atoms with Crippen LogP contribution in [0.2, 0.25) is 0 Å². The van der Waals surface area contributed by atoms with Crippen molar-refractivity contribution in [1.82, 2.24) is 14.7 Å². The van der Waals surface area contributed by atoms with Gasteiger partial charge in [0.25, 0.3) is 0 Å². The van der Waals surface area contributed by atoms with E-state index in [4.69, 9.17) is 0 Å². The smallest absolute Gasteiger partial charge is 0.170 e. The molecule has 0 aliphatic carbocycles. The van der Waals surface area contributed by atoms with Crippen molar-refractivity contribution in [2.45, 2.75) is 17.7 Å². The molecule has 0 atom stereocenters. The van der Waals surface area contributed by atoms with Crippen molar-refractivity contribution in [3.63, 3.8) is 0 Å². The second kappa shape index (κ2) is 7.10. The minimum atomic E-state index is 0.878. The molecule has 2 heterocycles. The van der Waals surface area contributed by atoms with Crippen LogP contribution in [0.15, 0.2) is 21.2 Å². The maximum absolute atomic E-state index is 4.31. The third-order valence-electron chi connectivity index (χ3n) is 2.18. The second-order valence-corrected chi connectivity index (χ2v) is 6.46. The van der Waals surface area contributed by atoms with Crippen LogP contribution in [0.3, 0.4) is 0 Å². The second-order valence-electron chi connectivity index (χ2n) is 3.59. The number of rotatable bonds is 7. The molecule has 0 aliphatic rings. The quantitative estimate of drug-likeness (QED) is 0.627. The molecule has 0 aromatic carbocycles. The fourth-order valence-electron chi connectivity index (χ4n) is 1.34. The Bertz CT molecular complexity index is 425. The molecule has 0 unspecified atom stereocenters. The Balaban J connectivity index is 1.52. The average molecular weight is 285 g/mol. The lowest BCUT2D eigenvalue weighted by Crippen LogP contribution is -2.19. The first kappa shape index (κ1) is 13.0. The van der Waals surface area contributed by atoms with E-state index in [1.54, 1.807) is 23.1 Å². The molecule has 0 bridgehead atoms. The van der Waals surface area contributed by atoms with E-state index in [0.29, 0.717) is 0 Å². The zero-order chi connectivity index (χ0) is 11.9. The van der Waals surface area contributed by atoms with E-state index in [1.807, 2.05) is 6.92 Å². The number of hydrogen-bond acceptors (Lipinski definition) is 6. The van der Waals surface area contributed by atoms with Gasteiger partial charge in [-0.1, -0.05) is 11.8 Å². The number of hydrogen-bond donors (Lipinski definition) is 1. The maximum Gasteiger partial charge on any atom is 0.170 e. The summed E-state index contributed by atoms with van der Waals surface area (Å²) in [5.41, 5.74) is 1.43. The van der Waals surface area contributed by atoms with Crippen LogP contribution >= 0.6 is 34.6 Å². The maximum atomic E-state index is 4.31. The van der Waals surface area contributed by atoms with Gasteiger partial charge in [-0.25, -0.2) is 4.98 Å². The van der Waals surface area contributed by atoms with Gasteiger partial charge in [-0.05, 0) is 53.8 Å². The summed E-state index contributed by atoms with van der Waals surface area (Å²) in [6.07, 6.45) is 1.12. The van der Waals surface area contributed by atoms with Crippen LogP contribution in [0, 0.1) is 6.92 Å². The number of thiophene rings is 1. The Morgan fingerprint density at radius 1 is 1.41 bits per heavy atom. The molecule has 1 N–H and O–H groups in total. The van der Waals surface area contributed by atoms with Gasteiger partial charge in [-0.15, -0.1) is 0 Å². The van der Waals surface area contributed by atoms with Crippen molar-refractivity contribution in [2.75, 3.05) is 18.8 Å². The van der Waals surface area contributed by atoms with Crippen LogP contribution in [0.4, 0.5) is 0 Å². The van der Waals surface area contributed by atoms with E-state index in [1.165, 1.54) is 17.1 Å². The summed E-state index contributed by atoms with van der Waals surface area (Å²) in [6.45, 7) is 4.00. The highest BCUT2D eigenvalue weighted by Gasteiger charge is 2.00. The Hall–Kier alpha value is -0.430. The molecule has 0 radical (unpaired) electrons. The SMILES string of the molecule is Cc1nsc(SCCNCCc2ccsc2)n1. The van der Waals surface area contributed by atoms with Crippen molar-refractivity contribution >= 4 is 34.6 Å². The van der Waals surface area contributed by atoms with Gasteiger partial charge in [-0.3, -0.25) is 0 Å². The van der Waals surface area contributed by atoms with Gasteiger partial charge in [0.1, 0.15) is 5.82 Å². The zero-order valence-electron chi connectivity index (χ0n) is 9.68. The summed E-state index contributed by atoms with van der Waals surface area (Å²) in [4.78, 5) is 4.31. The summed E-state index contributed by atoms with van der Waals surface area (Å²) < 4.78 is 5.23. The Morgan fingerprint density at radius 2 is 2.35 bits per heavy atom. The molecule has 2 aromatic heterocycles. The van der Waals surface area contributed by atoms with Crippen LogP contribution in [0.5, 0.6) is 0 Å². The van der Waals surface area contributed by atoms with E-state index < -0.39 is 0 Å². The lowest BCUT2D eigenvalue weighted by Gasteiger charge is -2.02. The monoisotopic (exact) mass is 285 g/mol. The van der Waals surface area contributed by atoms with Gasteiger partial charge < -0.3 is 5.32 Å². The highest BCUT2D eigenvalue weighted by atomic mass is 32.2. The molecule has 0 fully saturated rings. The van der Waals surface area contributed by atoms with Crippen molar-refractivity contribution < 1.29 is 0 Å². The number of aryl methyl sites for hydroxylation is 1. The van der Waals surface area contributed by atoms with E-state index >= 15 is 0 Å². The van der Waals surface area contributed by atoms with Crippen LogP contribution in [0.25, 0.3) is 0 Å². The lowest BCUT2D eigenvalue weighted by atomic mass is 10.2. The fourth-order valence-corrected chi connectivity index (χ4v) is 3.66. The molecule has 92 valence electrons. The topological polar surface area (TPSA) is 37.8 Å². The highest BCUT2D eigenvalue weighted by Crippen LogP contribution is 2.18. The van der Waals surface area contributed by atoms with Crippen LogP contribution < -0.4 is 5.32 Å². The van der Waals surface area contributed by atoms with Gasteiger partial charge in [0, 0.05) is 12.3 Å². The molecule has 0 amide bonds. The number of aromatic nitrogens is 2. The minimum absolute atomic E-state index is 0.878. The van der Waals surface area contributed by atoms with E-state index in [-0.39, 0.29) is 0 Å². The Labute approximate surface area is 114 Å². The molecular formula is C11H15N3S3. The zero-order valence-corrected chi connectivity index (χ0v) is 12.1. The first-order valence-corrected chi connectivity index (χ1v) is 8.19. The van der Waals surface area contributed by atoms with Crippen molar-refractivity contribution in [2.24, 2.45) is 0 Å². The summed E-state index contributed by atoms with van der Waals surface area (Å²) in [5.74, 6) is 1.93. The lowest BCUT2D eigenvalue weighted by molar-refractivity contribution is 0.722. The molecule has 0 aliphatic heterocycles. The van der Waals surface area contributed by atoms with Crippen molar-refractivity contribution in [3.8, 4) is 0 Å². The molecule has 6 heteroatoms. The van der Waals surface area contributed by atoms with E-state index in [0.717, 1.165) is 35.4 Å². The minimum Gasteiger partial charge on any atom is -0.316 e.